The summed E-state index contributed by atoms with van der Waals surface area (Å²) < 4.78 is 0. The van der Waals surface area contributed by atoms with Crippen molar-refractivity contribution in [1.82, 2.24) is 10.2 Å². The zero-order chi connectivity index (χ0) is 10.4. The smallest absolute Gasteiger partial charge is 0.0192 e. The molecule has 0 aliphatic carbocycles. The van der Waals surface area contributed by atoms with Gasteiger partial charge in [0.2, 0.25) is 0 Å². The molecule has 2 unspecified atom stereocenters. The fourth-order valence-corrected chi connectivity index (χ4v) is 2.09. The van der Waals surface area contributed by atoms with Crippen molar-refractivity contribution in [1.29, 1.82) is 0 Å². The third-order valence-corrected chi connectivity index (χ3v) is 3.32. The number of hydrogen-bond acceptors (Lipinski definition) is 2. The molecule has 0 aromatic heterocycles. The highest BCUT2D eigenvalue weighted by atomic mass is 15.2. The number of nitrogens with zero attached hydrogens (tertiary/aromatic N) is 1. The third-order valence-electron chi connectivity index (χ3n) is 3.32. The Morgan fingerprint density at radius 1 is 1.43 bits per heavy atom. The lowest BCUT2D eigenvalue weighted by Crippen LogP contribution is -2.38. The van der Waals surface area contributed by atoms with Crippen molar-refractivity contribution in [2.75, 3.05) is 26.2 Å². The molecule has 2 nitrogen and oxygen atoms in total. The first kappa shape index (κ1) is 12.0. The highest BCUT2D eigenvalue weighted by molar-refractivity contribution is 4.76. The lowest BCUT2D eigenvalue weighted by atomic mass is 10.1. The van der Waals surface area contributed by atoms with Gasteiger partial charge in [-0.3, -0.25) is 0 Å². The summed E-state index contributed by atoms with van der Waals surface area (Å²) in [7, 11) is 0. The van der Waals surface area contributed by atoms with Crippen molar-refractivity contribution in [3.05, 3.63) is 0 Å². The number of rotatable bonds is 4. The molecule has 1 rings (SSSR count). The molecule has 1 saturated heterocycles. The first-order valence-electron chi connectivity index (χ1n) is 6.22. The van der Waals surface area contributed by atoms with Crippen LogP contribution in [0, 0.1) is 5.92 Å². The van der Waals surface area contributed by atoms with E-state index in [-0.39, 0.29) is 0 Å². The van der Waals surface area contributed by atoms with Gasteiger partial charge < -0.3 is 10.2 Å². The van der Waals surface area contributed by atoms with Crippen LogP contribution in [0.1, 0.15) is 40.0 Å². The number of nitrogens with one attached hydrogen (secondary N) is 1. The van der Waals surface area contributed by atoms with Crippen LogP contribution in [0.15, 0.2) is 0 Å². The molecule has 1 fully saturated rings. The lowest BCUT2D eigenvalue weighted by Gasteiger charge is -2.26. The molecule has 84 valence electrons. The van der Waals surface area contributed by atoms with Crippen molar-refractivity contribution in [3.8, 4) is 0 Å². The SMILES string of the molecule is CCC(C)CN1CCCNC(CC)C1. The summed E-state index contributed by atoms with van der Waals surface area (Å²) in [6, 6.07) is 0.724. The Labute approximate surface area is 89.1 Å². The van der Waals surface area contributed by atoms with Gasteiger partial charge >= 0.3 is 0 Å². The third kappa shape index (κ3) is 3.97. The van der Waals surface area contributed by atoms with E-state index >= 15 is 0 Å². The molecule has 2 atom stereocenters. The average Bonchev–Trinajstić information content (AvgIpc) is 2.42. The van der Waals surface area contributed by atoms with Crippen LogP contribution in [-0.4, -0.2) is 37.1 Å². The van der Waals surface area contributed by atoms with Crippen molar-refractivity contribution >= 4 is 0 Å². The second-order valence-corrected chi connectivity index (χ2v) is 4.69. The summed E-state index contributed by atoms with van der Waals surface area (Å²) in [5, 5.41) is 3.61. The van der Waals surface area contributed by atoms with E-state index in [1.165, 1.54) is 45.4 Å². The maximum absolute atomic E-state index is 3.61. The summed E-state index contributed by atoms with van der Waals surface area (Å²) in [5.74, 6) is 0.852. The molecule has 1 aliphatic rings. The van der Waals surface area contributed by atoms with Crippen molar-refractivity contribution < 1.29 is 0 Å². The van der Waals surface area contributed by atoms with Gasteiger partial charge in [-0.1, -0.05) is 27.2 Å². The van der Waals surface area contributed by atoms with Gasteiger partial charge in [0.25, 0.3) is 0 Å². The molecule has 2 heteroatoms. The molecule has 0 bridgehead atoms. The van der Waals surface area contributed by atoms with Crippen molar-refractivity contribution in [3.63, 3.8) is 0 Å². The van der Waals surface area contributed by atoms with E-state index in [1.807, 2.05) is 0 Å². The molecule has 0 spiro atoms. The molecular formula is C12H26N2. The fourth-order valence-electron chi connectivity index (χ4n) is 2.09. The van der Waals surface area contributed by atoms with Gasteiger partial charge in [0, 0.05) is 19.1 Å². The minimum atomic E-state index is 0.724. The Kier molecular flexibility index (Phi) is 5.49. The summed E-state index contributed by atoms with van der Waals surface area (Å²) in [5.41, 5.74) is 0. The van der Waals surface area contributed by atoms with E-state index in [0.717, 1.165) is 12.0 Å². The van der Waals surface area contributed by atoms with Crippen LogP contribution in [0.25, 0.3) is 0 Å². The number of hydrogen-bond donors (Lipinski definition) is 1. The summed E-state index contributed by atoms with van der Waals surface area (Å²) in [6.07, 6.45) is 3.88. The van der Waals surface area contributed by atoms with Crippen LogP contribution in [0.2, 0.25) is 0 Å². The van der Waals surface area contributed by atoms with Crippen LogP contribution in [0.3, 0.4) is 0 Å². The van der Waals surface area contributed by atoms with E-state index in [2.05, 4.69) is 31.0 Å². The van der Waals surface area contributed by atoms with E-state index in [1.54, 1.807) is 0 Å². The lowest BCUT2D eigenvalue weighted by molar-refractivity contribution is 0.229. The summed E-state index contributed by atoms with van der Waals surface area (Å²) >= 11 is 0. The predicted molar refractivity (Wildman–Crippen MR) is 62.6 cm³/mol. The Bertz CT molecular complexity index is 147. The Morgan fingerprint density at radius 2 is 2.21 bits per heavy atom. The fraction of sp³-hybridized carbons (Fsp3) is 1.00. The quantitative estimate of drug-likeness (QED) is 0.744. The highest BCUT2D eigenvalue weighted by Crippen LogP contribution is 2.08. The van der Waals surface area contributed by atoms with Gasteiger partial charge in [0.1, 0.15) is 0 Å². The van der Waals surface area contributed by atoms with E-state index in [9.17, 15) is 0 Å². The second-order valence-electron chi connectivity index (χ2n) is 4.69. The zero-order valence-electron chi connectivity index (χ0n) is 10.1. The Morgan fingerprint density at radius 3 is 2.86 bits per heavy atom. The minimum absolute atomic E-state index is 0.724. The predicted octanol–water partition coefficient (Wildman–Crippen LogP) is 2.11. The van der Waals surface area contributed by atoms with Crippen LogP contribution >= 0.6 is 0 Å². The van der Waals surface area contributed by atoms with Crippen LogP contribution < -0.4 is 5.32 Å². The van der Waals surface area contributed by atoms with Crippen molar-refractivity contribution in [2.45, 2.75) is 46.1 Å². The molecule has 0 amide bonds. The average molecular weight is 198 g/mol. The van der Waals surface area contributed by atoms with Gasteiger partial charge in [-0.05, 0) is 31.8 Å². The largest absolute Gasteiger partial charge is 0.313 e. The molecule has 0 aromatic rings. The maximum Gasteiger partial charge on any atom is 0.0192 e. The molecule has 0 aromatic carbocycles. The van der Waals surface area contributed by atoms with Gasteiger partial charge in [-0.25, -0.2) is 0 Å². The van der Waals surface area contributed by atoms with Crippen LogP contribution in [-0.2, 0) is 0 Å². The van der Waals surface area contributed by atoms with Gasteiger partial charge in [0.05, 0.1) is 0 Å². The van der Waals surface area contributed by atoms with Gasteiger partial charge in [-0.2, -0.15) is 0 Å². The second kappa shape index (κ2) is 6.41. The minimum Gasteiger partial charge on any atom is -0.313 e. The summed E-state index contributed by atoms with van der Waals surface area (Å²) in [6.45, 7) is 12.0. The summed E-state index contributed by atoms with van der Waals surface area (Å²) in [4.78, 5) is 2.64. The molecule has 14 heavy (non-hydrogen) atoms. The molecule has 1 N–H and O–H groups in total. The molecule has 1 heterocycles. The van der Waals surface area contributed by atoms with Crippen molar-refractivity contribution in [2.24, 2.45) is 5.92 Å². The van der Waals surface area contributed by atoms with E-state index in [4.69, 9.17) is 0 Å². The molecule has 0 radical (unpaired) electrons. The van der Waals surface area contributed by atoms with Crippen LogP contribution in [0.4, 0.5) is 0 Å². The first-order valence-corrected chi connectivity index (χ1v) is 6.22. The molecular weight excluding hydrogens is 172 g/mol. The van der Waals surface area contributed by atoms with E-state index < -0.39 is 0 Å². The van der Waals surface area contributed by atoms with Gasteiger partial charge in [-0.15, -0.1) is 0 Å². The maximum atomic E-state index is 3.61. The Balaban J connectivity index is 2.34. The normalized spacial score (nSPS) is 27.2. The van der Waals surface area contributed by atoms with Crippen LogP contribution in [0.5, 0.6) is 0 Å². The topological polar surface area (TPSA) is 15.3 Å². The first-order chi connectivity index (χ1) is 6.76. The molecule has 1 aliphatic heterocycles. The highest BCUT2D eigenvalue weighted by Gasteiger charge is 2.16. The van der Waals surface area contributed by atoms with Gasteiger partial charge in [0.15, 0.2) is 0 Å². The monoisotopic (exact) mass is 198 g/mol. The standard InChI is InChI=1S/C12H26N2/c1-4-11(3)9-14-8-6-7-13-12(5-2)10-14/h11-13H,4-10H2,1-3H3. The Hall–Kier alpha value is -0.0800. The zero-order valence-corrected chi connectivity index (χ0v) is 10.1. The van der Waals surface area contributed by atoms with E-state index in [0.29, 0.717) is 0 Å². The molecule has 0 saturated carbocycles.